The minimum absolute atomic E-state index is 0.216. The van der Waals surface area contributed by atoms with Crippen LogP contribution in [0, 0.1) is 5.92 Å². The van der Waals surface area contributed by atoms with Crippen molar-refractivity contribution in [3.63, 3.8) is 0 Å². The molecular weight excluding hydrogens is 280 g/mol. The highest BCUT2D eigenvalue weighted by molar-refractivity contribution is 5.71. The van der Waals surface area contributed by atoms with E-state index in [9.17, 15) is 4.79 Å². The molecule has 2 aliphatic rings. The van der Waals surface area contributed by atoms with Gasteiger partial charge in [-0.1, -0.05) is 18.2 Å². The van der Waals surface area contributed by atoms with Crippen molar-refractivity contribution in [2.24, 2.45) is 5.92 Å². The monoisotopic (exact) mass is 304 g/mol. The van der Waals surface area contributed by atoms with Gasteiger partial charge in [0.25, 0.3) is 0 Å². The van der Waals surface area contributed by atoms with Crippen LogP contribution in [0.1, 0.15) is 25.3 Å². The van der Waals surface area contributed by atoms with E-state index in [4.69, 9.17) is 9.47 Å². The third-order valence-electron chi connectivity index (χ3n) is 5.06. The molecule has 1 amide bonds. The molecule has 5 heteroatoms. The number of hydrogen-bond acceptors (Lipinski definition) is 4. The van der Waals surface area contributed by atoms with E-state index in [1.165, 1.54) is 0 Å². The molecule has 2 heterocycles. The molecule has 2 aliphatic heterocycles. The summed E-state index contributed by atoms with van der Waals surface area (Å²) in [5, 5.41) is 3.39. The Hall–Kier alpha value is -1.75. The number of carbonyl (C=O) groups is 1. The maximum Gasteiger partial charge on any atom is 0.410 e. The molecule has 2 saturated heterocycles. The first-order valence-corrected chi connectivity index (χ1v) is 7.92. The summed E-state index contributed by atoms with van der Waals surface area (Å²) in [5.41, 5.74) is 0.782. The van der Waals surface area contributed by atoms with Crippen LogP contribution in [0.3, 0.4) is 0 Å². The van der Waals surface area contributed by atoms with Crippen LogP contribution in [-0.4, -0.2) is 43.3 Å². The second kappa shape index (κ2) is 6.16. The maximum atomic E-state index is 12.3. The Balaban J connectivity index is 1.84. The van der Waals surface area contributed by atoms with Gasteiger partial charge in [-0.15, -0.1) is 0 Å². The zero-order valence-electron chi connectivity index (χ0n) is 13.3. The first-order chi connectivity index (χ1) is 10.6. The standard InChI is InChI=1S/C17H24N2O3/c1-17(14-7-9-18-10-8-14)12-22-16(20)19(17)11-13-5-3-4-6-15(13)21-2/h3-6,14,18H,7-12H2,1-2H3. The maximum absolute atomic E-state index is 12.3. The molecule has 1 aromatic rings. The molecule has 0 saturated carbocycles. The van der Waals surface area contributed by atoms with E-state index in [1.807, 2.05) is 29.2 Å². The summed E-state index contributed by atoms with van der Waals surface area (Å²) in [4.78, 5) is 14.2. The molecule has 0 radical (unpaired) electrons. The Morgan fingerprint density at radius 2 is 2.09 bits per heavy atom. The van der Waals surface area contributed by atoms with Crippen LogP contribution in [0.2, 0.25) is 0 Å². The fourth-order valence-electron chi connectivity index (χ4n) is 3.60. The van der Waals surface area contributed by atoms with Gasteiger partial charge in [0.1, 0.15) is 12.4 Å². The molecule has 1 unspecified atom stereocenters. The summed E-state index contributed by atoms with van der Waals surface area (Å²) in [6.07, 6.45) is 1.94. The van der Waals surface area contributed by atoms with Crippen LogP contribution in [0.25, 0.3) is 0 Å². The molecule has 1 aromatic carbocycles. The van der Waals surface area contributed by atoms with Crippen LogP contribution in [0.4, 0.5) is 4.79 Å². The van der Waals surface area contributed by atoms with Gasteiger partial charge in [-0.25, -0.2) is 4.79 Å². The lowest BCUT2D eigenvalue weighted by atomic mass is 9.79. The molecule has 0 aromatic heterocycles. The number of nitrogens with one attached hydrogen (secondary N) is 1. The lowest BCUT2D eigenvalue weighted by Crippen LogP contribution is -2.52. The Morgan fingerprint density at radius 3 is 2.82 bits per heavy atom. The van der Waals surface area contributed by atoms with Crippen molar-refractivity contribution in [2.75, 3.05) is 26.8 Å². The molecule has 0 aliphatic carbocycles. The van der Waals surface area contributed by atoms with Crippen molar-refractivity contribution in [3.8, 4) is 5.75 Å². The molecule has 22 heavy (non-hydrogen) atoms. The smallest absolute Gasteiger partial charge is 0.410 e. The number of hydrogen-bond donors (Lipinski definition) is 1. The number of para-hydroxylation sites is 1. The minimum Gasteiger partial charge on any atom is -0.496 e. The van der Waals surface area contributed by atoms with Crippen molar-refractivity contribution in [1.29, 1.82) is 0 Å². The predicted octanol–water partition coefficient (Wildman–Crippen LogP) is 2.41. The number of cyclic esters (lactones) is 1. The highest BCUT2D eigenvalue weighted by Crippen LogP contribution is 2.38. The zero-order chi connectivity index (χ0) is 15.6. The fraction of sp³-hybridized carbons (Fsp3) is 0.588. The average molecular weight is 304 g/mol. The van der Waals surface area contributed by atoms with Gasteiger partial charge in [0, 0.05) is 5.56 Å². The Bertz CT molecular complexity index is 542. The number of carbonyl (C=O) groups excluding carboxylic acids is 1. The molecular formula is C17H24N2O3. The number of ether oxygens (including phenoxy) is 2. The van der Waals surface area contributed by atoms with E-state index in [0.29, 0.717) is 19.1 Å². The van der Waals surface area contributed by atoms with Gasteiger partial charge in [0.15, 0.2) is 0 Å². The van der Waals surface area contributed by atoms with Crippen LogP contribution >= 0.6 is 0 Å². The molecule has 5 nitrogen and oxygen atoms in total. The molecule has 3 rings (SSSR count). The summed E-state index contributed by atoms with van der Waals surface area (Å²) in [6.45, 7) is 5.19. The average Bonchev–Trinajstić information content (AvgIpc) is 2.86. The molecule has 0 bridgehead atoms. The van der Waals surface area contributed by atoms with Gasteiger partial charge in [0.05, 0.1) is 19.2 Å². The van der Waals surface area contributed by atoms with E-state index in [0.717, 1.165) is 37.2 Å². The van der Waals surface area contributed by atoms with E-state index in [1.54, 1.807) is 7.11 Å². The summed E-state index contributed by atoms with van der Waals surface area (Å²) < 4.78 is 10.8. The van der Waals surface area contributed by atoms with Crippen LogP contribution in [0.5, 0.6) is 5.75 Å². The highest BCUT2D eigenvalue weighted by Gasteiger charge is 2.49. The number of amides is 1. The Labute approximate surface area is 131 Å². The summed E-state index contributed by atoms with van der Waals surface area (Å²) in [7, 11) is 1.66. The number of piperidine rings is 1. The van der Waals surface area contributed by atoms with Crippen LogP contribution < -0.4 is 10.1 Å². The Kier molecular flexibility index (Phi) is 4.25. The lowest BCUT2D eigenvalue weighted by Gasteiger charge is -2.41. The summed E-state index contributed by atoms with van der Waals surface area (Å²) in [5.74, 6) is 1.28. The second-order valence-corrected chi connectivity index (χ2v) is 6.33. The number of benzene rings is 1. The summed E-state index contributed by atoms with van der Waals surface area (Å²) in [6, 6.07) is 7.85. The fourth-order valence-corrected chi connectivity index (χ4v) is 3.60. The Morgan fingerprint density at radius 1 is 1.36 bits per heavy atom. The molecule has 1 N–H and O–H groups in total. The van der Waals surface area contributed by atoms with Crippen molar-refractivity contribution in [3.05, 3.63) is 29.8 Å². The molecule has 1 atom stereocenters. The quantitative estimate of drug-likeness (QED) is 0.928. The largest absolute Gasteiger partial charge is 0.496 e. The van der Waals surface area contributed by atoms with Crippen molar-refractivity contribution >= 4 is 6.09 Å². The zero-order valence-corrected chi connectivity index (χ0v) is 13.3. The van der Waals surface area contributed by atoms with Gasteiger partial charge < -0.3 is 14.8 Å². The first kappa shape index (κ1) is 15.2. The van der Waals surface area contributed by atoms with Crippen molar-refractivity contribution < 1.29 is 14.3 Å². The third kappa shape index (κ3) is 2.65. The molecule has 120 valence electrons. The lowest BCUT2D eigenvalue weighted by molar-refractivity contribution is 0.0884. The van der Waals surface area contributed by atoms with Gasteiger partial charge in [-0.3, -0.25) is 4.90 Å². The SMILES string of the molecule is COc1ccccc1CN1C(=O)OCC1(C)C1CCNCC1. The van der Waals surface area contributed by atoms with Crippen LogP contribution in [-0.2, 0) is 11.3 Å². The first-order valence-electron chi connectivity index (χ1n) is 7.92. The van der Waals surface area contributed by atoms with E-state index in [-0.39, 0.29) is 11.6 Å². The number of nitrogens with zero attached hydrogens (tertiary/aromatic N) is 1. The van der Waals surface area contributed by atoms with Gasteiger partial charge >= 0.3 is 6.09 Å². The predicted molar refractivity (Wildman–Crippen MR) is 83.9 cm³/mol. The van der Waals surface area contributed by atoms with Gasteiger partial charge in [-0.05, 0) is 44.8 Å². The second-order valence-electron chi connectivity index (χ2n) is 6.33. The van der Waals surface area contributed by atoms with Crippen LogP contribution in [0.15, 0.2) is 24.3 Å². The number of rotatable bonds is 4. The van der Waals surface area contributed by atoms with E-state index >= 15 is 0 Å². The van der Waals surface area contributed by atoms with E-state index < -0.39 is 0 Å². The van der Waals surface area contributed by atoms with E-state index in [2.05, 4.69) is 12.2 Å². The topological polar surface area (TPSA) is 50.8 Å². The minimum atomic E-state index is -0.236. The highest BCUT2D eigenvalue weighted by atomic mass is 16.6. The van der Waals surface area contributed by atoms with Crippen molar-refractivity contribution in [1.82, 2.24) is 10.2 Å². The molecule has 2 fully saturated rings. The summed E-state index contributed by atoms with van der Waals surface area (Å²) >= 11 is 0. The van der Waals surface area contributed by atoms with Gasteiger partial charge in [0.2, 0.25) is 0 Å². The van der Waals surface area contributed by atoms with Crippen molar-refractivity contribution in [2.45, 2.75) is 31.8 Å². The third-order valence-corrected chi connectivity index (χ3v) is 5.06. The normalized spacial score (nSPS) is 26.1. The molecule has 0 spiro atoms. The van der Waals surface area contributed by atoms with Gasteiger partial charge in [-0.2, -0.15) is 0 Å². The number of methoxy groups -OCH3 is 1.